The van der Waals surface area contributed by atoms with Gasteiger partial charge in [-0.25, -0.2) is 0 Å². The van der Waals surface area contributed by atoms with Gasteiger partial charge in [0, 0.05) is 23.9 Å². The number of hydrogen-bond donors (Lipinski definition) is 2. The van der Waals surface area contributed by atoms with E-state index in [9.17, 15) is 4.79 Å². The van der Waals surface area contributed by atoms with Crippen LogP contribution in [-0.4, -0.2) is 25.9 Å². The number of nitrogens with zero attached hydrogens (tertiary/aromatic N) is 3. The van der Waals surface area contributed by atoms with Gasteiger partial charge in [0.1, 0.15) is 5.69 Å². The summed E-state index contributed by atoms with van der Waals surface area (Å²) in [6.45, 7) is 0. The Labute approximate surface area is 91.4 Å². The molecule has 0 radical (unpaired) electrons. The number of rotatable bonds is 1. The summed E-state index contributed by atoms with van der Waals surface area (Å²) >= 11 is 0. The van der Waals surface area contributed by atoms with Gasteiger partial charge in [0.2, 0.25) is 0 Å². The normalized spacial score (nSPS) is 13.3. The van der Waals surface area contributed by atoms with Gasteiger partial charge in [-0.15, -0.1) is 0 Å². The van der Waals surface area contributed by atoms with Crippen LogP contribution in [0.25, 0.3) is 11.3 Å². The third-order valence-electron chi connectivity index (χ3n) is 3.04. The second-order valence-electron chi connectivity index (χ2n) is 3.92. The molecule has 2 aromatic rings. The van der Waals surface area contributed by atoms with Crippen LogP contribution in [0.15, 0.2) is 6.20 Å². The molecule has 82 valence electrons. The summed E-state index contributed by atoms with van der Waals surface area (Å²) in [6.07, 6.45) is 3.41. The predicted octanol–water partition coefficient (Wildman–Crippen LogP) is 0.00770. The highest BCUT2D eigenvalue weighted by Gasteiger charge is 2.26. The van der Waals surface area contributed by atoms with Crippen molar-refractivity contribution >= 4 is 5.91 Å². The van der Waals surface area contributed by atoms with E-state index in [1.54, 1.807) is 6.20 Å². The fourth-order valence-corrected chi connectivity index (χ4v) is 2.24. The molecule has 0 saturated heterocycles. The molecule has 3 rings (SSSR count). The van der Waals surface area contributed by atoms with E-state index in [4.69, 9.17) is 5.73 Å². The van der Waals surface area contributed by atoms with Crippen LogP contribution in [0, 0.1) is 0 Å². The first kappa shape index (κ1) is 9.14. The minimum absolute atomic E-state index is 0.421. The highest BCUT2D eigenvalue weighted by atomic mass is 16.1. The van der Waals surface area contributed by atoms with Crippen LogP contribution in [0.1, 0.15) is 21.7 Å². The van der Waals surface area contributed by atoms with E-state index in [1.165, 1.54) is 0 Å². The molecule has 0 spiro atoms. The summed E-state index contributed by atoms with van der Waals surface area (Å²) in [5.74, 6) is -0.457. The smallest absolute Gasteiger partial charge is 0.267 e. The van der Waals surface area contributed by atoms with Crippen molar-refractivity contribution < 1.29 is 4.79 Å². The second-order valence-corrected chi connectivity index (χ2v) is 3.92. The van der Waals surface area contributed by atoms with Crippen LogP contribution < -0.4 is 5.73 Å². The standard InChI is InChI=1S/C10H11N5O/c1-15-7-3-2-5-8(6(7)4-12-15)13-14-9(5)10(11)16/h4H,2-3H2,1H3,(H2,11,16)(H,13,14). The number of aryl methyl sites for hydroxylation is 1. The number of fused-ring (bicyclic) bond motifs is 3. The third-order valence-corrected chi connectivity index (χ3v) is 3.04. The van der Waals surface area contributed by atoms with Crippen molar-refractivity contribution in [1.29, 1.82) is 0 Å². The average Bonchev–Trinajstić information content (AvgIpc) is 2.81. The van der Waals surface area contributed by atoms with Gasteiger partial charge >= 0.3 is 0 Å². The van der Waals surface area contributed by atoms with Gasteiger partial charge in [-0.3, -0.25) is 14.6 Å². The molecule has 1 aliphatic rings. The van der Waals surface area contributed by atoms with Gasteiger partial charge in [0.15, 0.2) is 0 Å². The Kier molecular flexibility index (Phi) is 1.68. The SMILES string of the molecule is Cn1ncc2c1CCc1c-2n[nH]c1C(N)=O. The van der Waals surface area contributed by atoms with E-state index in [2.05, 4.69) is 15.3 Å². The van der Waals surface area contributed by atoms with Crippen LogP contribution >= 0.6 is 0 Å². The molecule has 1 amide bonds. The number of H-pyrrole nitrogens is 1. The summed E-state index contributed by atoms with van der Waals surface area (Å²) in [6, 6.07) is 0. The number of carbonyl (C=O) groups is 1. The monoisotopic (exact) mass is 217 g/mol. The Hall–Kier alpha value is -2.11. The lowest BCUT2D eigenvalue weighted by molar-refractivity contribution is 0.0994. The predicted molar refractivity (Wildman–Crippen MR) is 56.7 cm³/mol. The first-order valence-corrected chi connectivity index (χ1v) is 5.06. The Balaban J connectivity index is 2.23. The molecule has 0 aliphatic heterocycles. The zero-order valence-electron chi connectivity index (χ0n) is 8.82. The minimum Gasteiger partial charge on any atom is -0.364 e. The molecule has 16 heavy (non-hydrogen) atoms. The molecule has 0 atom stereocenters. The second kappa shape index (κ2) is 2.94. The topological polar surface area (TPSA) is 89.6 Å². The van der Waals surface area contributed by atoms with Crippen LogP contribution in [0.4, 0.5) is 0 Å². The Bertz CT molecular complexity index is 580. The molecule has 0 bridgehead atoms. The van der Waals surface area contributed by atoms with E-state index in [-0.39, 0.29) is 0 Å². The molecular weight excluding hydrogens is 206 g/mol. The van der Waals surface area contributed by atoms with Crippen molar-refractivity contribution in [2.24, 2.45) is 12.8 Å². The van der Waals surface area contributed by atoms with Crippen LogP contribution in [-0.2, 0) is 19.9 Å². The molecule has 0 aromatic carbocycles. The minimum atomic E-state index is -0.457. The molecule has 0 saturated carbocycles. The first-order valence-electron chi connectivity index (χ1n) is 5.06. The molecule has 0 unspecified atom stereocenters. The highest BCUT2D eigenvalue weighted by molar-refractivity contribution is 5.94. The summed E-state index contributed by atoms with van der Waals surface area (Å²) in [4.78, 5) is 11.2. The quantitative estimate of drug-likeness (QED) is 0.705. The molecule has 3 N–H and O–H groups in total. The Morgan fingerprint density at radius 1 is 1.56 bits per heavy atom. The zero-order chi connectivity index (χ0) is 11.3. The van der Waals surface area contributed by atoms with Crippen molar-refractivity contribution in [2.45, 2.75) is 12.8 Å². The van der Waals surface area contributed by atoms with Crippen molar-refractivity contribution in [2.75, 3.05) is 0 Å². The molecule has 0 fully saturated rings. The van der Waals surface area contributed by atoms with Crippen molar-refractivity contribution in [3.8, 4) is 11.3 Å². The number of nitrogens with two attached hydrogens (primary N) is 1. The number of carbonyl (C=O) groups excluding carboxylic acids is 1. The average molecular weight is 217 g/mol. The van der Waals surface area contributed by atoms with E-state index >= 15 is 0 Å². The third kappa shape index (κ3) is 1.04. The largest absolute Gasteiger partial charge is 0.364 e. The van der Waals surface area contributed by atoms with Gasteiger partial charge in [-0.05, 0) is 12.8 Å². The lowest BCUT2D eigenvalue weighted by Crippen LogP contribution is -2.15. The summed E-state index contributed by atoms with van der Waals surface area (Å²) in [5, 5.41) is 11.1. The van der Waals surface area contributed by atoms with E-state index < -0.39 is 5.91 Å². The van der Waals surface area contributed by atoms with Crippen LogP contribution in [0.5, 0.6) is 0 Å². The lowest BCUT2D eigenvalue weighted by Gasteiger charge is -2.12. The summed E-state index contributed by atoms with van der Waals surface area (Å²) < 4.78 is 1.84. The number of primary amides is 1. The maximum Gasteiger partial charge on any atom is 0.267 e. The molecule has 6 heteroatoms. The number of hydrogen-bond acceptors (Lipinski definition) is 3. The lowest BCUT2D eigenvalue weighted by atomic mass is 9.94. The number of amides is 1. The number of aromatic nitrogens is 4. The van der Waals surface area contributed by atoms with Gasteiger partial charge in [0.25, 0.3) is 5.91 Å². The van der Waals surface area contributed by atoms with E-state index in [1.807, 2.05) is 11.7 Å². The van der Waals surface area contributed by atoms with Gasteiger partial charge < -0.3 is 5.73 Å². The molecular formula is C10H11N5O. The van der Waals surface area contributed by atoms with Crippen molar-refractivity contribution in [3.63, 3.8) is 0 Å². The highest BCUT2D eigenvalue weighted by Crippen LogP contribution is 2.32. The maximum absolute atomic E-state index is 11.2. The first-order chi connectivity index (χ1) is 7.68. The Morgan fingerprint density at radius 3 is 3.12 bits per heavy atom. The number of nitrogens with one attached hydrogen (secondary N) is 1. The molecule has 2 heterocycles. The molecule has 1 aliphatic carbocycles. The van der Waals surface area contributed by atoms with Gasteiger partial charge in [0.05, 0.1) is 11.9 Å². The van der Waals surface area contributed by atoms with Crippen molar-refractivity contribution in [3.05, 3.63) is 23.1 Å². The van der Waals surface area contributed by atoms with E-state index in [0.29, 0.717) is 5.69 Å². The van der Waals surface area contributed by atoms with Crippen molar-refractivity contribution in [1.82, 2.24) is 20.0 Å². The maximum atomic E-state index is 11.2. The van der Waals surface area contributed by atoms with Crippen LogP contribution in [0.3, 0.4) is 0 Å². The van der Waals surface area contributed by atoms with Gasteiger partial charge in [-0.2, -0.15) is 10.2 Å². The van der Waals surface area contributed by atoms with E-state index in [0.717, 1.165) is 35.4 Å². The molecule has 2 aromatic heterocycles. The fraction of sp³-hybridized carbons (Fsp3) is 0.300. The zero-order valence-corrected chi connectivity index (χ0v) is 8.82. The number of aromatic amines is 1. The summed E-state index contributed by atoms with van der Waals surface area (Å²) in [5.41, 5.74) is 9.56. The summed E-state index contributed by atoms with van der Waals surface area (Å²) in [7, 11) is 1.91. The van der Waals surface area contributed by atoms with Gasteiger partial charge in [-0.1, -0.05) is 0 Å². The van der Waals surface area contributed by atoms with Crippen LogP contribution in [0.2, 0.25) is 0 Å². The fourth-order valence-electron chi connectivity index (χ4n) is 2.24. The Morgan fingerprint density at radius 2 is 2.38 bits per heavy atom. The molecule has 6 nitrogen and oxygen atoms in total.